The van der Waals surface area contributed by atoms with Gasteiger partial charge in [-0.3, -0.25) is 9.59 Å². The zero-order chi connectivity index (χ0) is 26.0. The number of aliphatic hydroxyl groups is 1. The molecular formula is C25H22F3IN4O3. The van der Waals surface area contributed by atoms with Gasteiger partial charge in [0.05, 0.1) is 30.0 Å². The third kappa shape index (κ3) is 5.73. The van der Waals surface area contributed by atoms with Crippen LogP contribution in [0.4, 0.5) is 35.9 Å². The van der Waals surface area contributed by atoms with Crippen LogP contribution in [0, 0.1) is 21.0 Å². The number of hydrogen-bond donors (Lipinski definition) is 4. The van der Waals surface area contributed by atoms with E-state index >= 15 is 0 Å². The van der Waals surface area contributed by atoms with Gasteiger partial charge in [-0.1, -0.05) is 0 Å². The monoisotopic (exact) mass is 610 g/mol. The first-order valence-corrected chi connectivity index (χ1v) is 12.0. The van der Waals surface area contributed by atoms with Gasteiger partial charge in [-0.05, 0) is 77.2 Å². The fourth-order valence-electron chi connectivity index (χ4n) is 3.81. The van der Waals surface area contributed by atoms with Crippen LogP contribution in [0.15, 0.2) is 54.6 Å². The van der Waals surface area contributed by atoms with E-state index in [1.54, 1.807) is 30.3 Å². The predicted molar refractivity (Wildman–Crippen MR) is 139 cm³/mol. The molecule has 0 aliphatic carbocycles. The number of β-amino-alcohol motifs (C(OH)–C–C–N with tert-alkyl or cyclic N) is 1. The maximum Gasteiger partial charge on any atom is 0.256 e. The van der Waals surface area contributed by atoms with Crippen LogP contribution < -0.4 is 16.0 Å². The Kier molecular flexibility index (Phi) is 7.41. The summed E-state index contributed by atoms with van der Waals surface area (Å²) >= 11 is 1.92. The van der Waals surface area contributed by atoms with E-state index in [1.807, 2.05) is 22.6 Å². The molecule has 3 aromatic rings. The molecule has 0 radical (unpaired) electrons. The Hall–Kier alpha value is -3.32. The molecule has 1 heterocycles. The lowest BCUT2D eigenvalue weighted by atomic mass is 9.92. The van der Waals surface area contributed by atoms with E-state index in [2.05, 4.69) is 16.0 Å². The van der Waals surface area contributed by atoms with Crippen LogP contribution in [0.25, 0.3) is 0 Å². The predicted octanol–water partition coefficient (Wildman–Crippen LogP) is 4.71. The molecule has 0 aromatic heterocycles. The Balaban J connectivity index is 1.43. The fraction of sp³-hybridized carbons (Fsp3) is 0.200. The van der Waals surface area contributed by atoms with Gasteiger partial charge in [0.25, 0.3) is 5.91 Å². The molecule has 0 atom stereocenters. The molecule has 2 amide bonds. The molecule has 188 valence electrons. The van der Waals surface area contributed by atoms with Crippen molar-refractivity contribution in [3.8, 4) is 0 Å². The van der Waals surface area contributed by atoms with Gasteiger partial charge in [0.15, 0.2) is 11.6 Å². The fourth-order valence-corrected chi connectivity index (χ4v) is 4.26. The second kappa shape index (κ2) is 10.3. The highest BCUT2D eigenvalue weighted by Crippen LogP contribution is 2.32. The molecule has 1 fully saturated rings. The van der Waals surface area contributed by atoms with Crippen LogP contribution >= 0.6 is 22.6 Å². The summed E-state index contributed by atoms with van der Waals surface area (Å²) < 4.78 is 43.5. The van der Waals surface area contributed by atoms with E-state index in [1.165, 1.54) is 24.0 Å². The molecular weight excluding hydrogens is 588 g/mol. The second-order valence-electron chi connectivity index (χ2n) is 8.53. The van der Waals surface area contributed by atoms with Gasteiger partial charge in [0, 0.05) is 28.4 Å². The van der Waals surface area contributed by atoms with Crippen LogP contribution in [0.1, 0.15) is 17.3 Å². The molecule has 1 aliphatic rings. The Morgan fingerprint density at radius 3 is 2.31 bits per heavy atom. The second-order valence-corrected chi connectivity index (χ2v) is 9.78. The number of anilines is 4. The molecule has 11 heteroatoms. The van der Waals surface area contributed by atoms with Crippen molar-refractivity contribution >= 4 is 57.2 Å². The Labute approximate surface area is 218 Å². The number of likely N-dealkylation sites (tertiary alicyclic amines) is 1. The zero-order valence-corrected chi connectivity index (χ0v) is 21.2. The van der Waals surface area contributed by atoms with Gasteiger partial charge in [0.1, 0.15) is 11.4 Å². The quantitative estimate of drug-likeness (QED) is 0.291. The van der Waals surface area contributed by atoms with Gasteiger partial charge < -0.3 is 26.0 Å². The number of halogens is 4. The Morgan fingerprint density at radius 1 is 1.00 bits per heavy atom. The zero-order valence-electron chi connectivity index (χ0n) is 19.0. The van der Waals surface area contributed by atoms with Crippen LogP contribution in [0.3, 0.4) is 0 Å². The number of carbonyl (C=O) groups excluding carboxylic acids is 2. The summed E-state index contributed by atoms with van der Waals surface area (Å²) in [4.78, 5) is 25.5. The van der Waals surface area contributed by atoms with E-state index in [9.17, 15) is 27.9 Å². The molecule has 3 aromatic carbocycles. The highest BCUT2D eigenvalue weighted by atomic mass is 127. The van der Waals surface area contributed by atoms with Crippen molar-refractivity contribution in [3.05, 3.63) is 81.2 Å². The maximum absolute atomic E-state index is 14.6. The molecule has 1 saturated heterocycles. The lowest BCUT2D eigenvalue weighted by Gasteiger charge is -2.46. The summed E-state index contributed by atoms with van der Waals surface area (Å²) in [6.45, 7) is 1.45. The lowest BCUT2D eigenvalue weighted by Crippen LogP contribution is -2.66. The van der Waals surface area contributed by atoms with Gasteiger partial charge >= 0.3 is 0 Å². The van der Waals surface area contributed by atoms with Gasteiger partial charge in [-0.25, -0.2) is 13.2 Å². The number of benzene rings is 3. The van der Waals surface area contributed by atoms with E-state index < -0.39 is 34.6 Å². The SMILES string of the molecule is CC(=O)Nc1ccc(NCC2(O)CN(C(=O)c3ccc(F)c(F)c3Nc3ccc(I)cc3F)C2)cc1. The van der Waals surface area contributed by atoms with Crippen molar-refractivity contribution in [1.29, 1.82) is 0 Å². The summed E-state index contributed by atoms with van der Waals surface area (Å²) in [5, 5.41) is 19.0. The first-order valence-electron chi connectivity index (χ1n) is 10.9. The molecule has 0 spiro atoms. The van der Waals surface area contributed by atoms with E-state index in [-0.39, 0.29) is 36.8 Å². The summed E-state index contributed by atoms with van der Waals surface area (Å²) in [5.41, 5.74) is -0.672. The summed E-state index contributed by atoms with van der Waals surface area (Å²) in [6, 6.07) is 13.0. The Morgan fingerprint density at radius 2 is 1.67 bits per heavy atom. The first kappa shape index (κ1) is 25.8. The number of nitrogens with zero attached hydrogens (tertiary/aromatic N) is 1. The summed E-state index contributed by atoms with van der Waals surface area (Å²) in [5.74, 6) is -4.00. The molecule has 1 aliphatic heterocycles. The van der Waals surface area contributed by atoms with Crippen LogP contribution in [-0.2, 0) is 4.79 Å². The average Bonchev–Trinajstić information content (AvgIpc) is 2.80. The van der Waals surface area contributed by atoms with E-state index in [4.69, 9.17) is 0 Å². The Bertz CT molecular complexity index is 1310. The van der Waals surface area contributed by atoms with Crippen LogP contribution in [0.2, 0.25) is 0 Å². The van der Waals surface area contributed by atoms with E-state index in [0.29, 0.717) is 14.9 Å². The number of carbonyl (C=O) groups is 2. The number of rotatable bonds is 7. The minimum atomic E-state index is -1.31. The van der Waals surface area contributed by atoms with Crippen molar-refractivity contribution in [2.24, 2.45) is 0 Å². The standard InChI is InChI=1S/C25H22F3IN4O3/c1-14(34)31-17-5-3-16(4-6-17)30-11-25(36)12-33(13-25)24(35)18-7-8-19(26)22(28)23(18)32-21-9-2-15(29)10-20(21)27/h2-10,30,32,36H,11-13H2,1H3,(H,31,34). The first-order chi connectivity index (χ1) is 17.0. The third-order valence-corrected chi connectivity index (χ3v) is 6.27. The minimum absolute atomic E-state index is 0.0425. The van der Waals surface area contributed by atoms with Gasteiger partial charge in [-0.15, -0.1) is 0 Å². The summed E-state index contributed by atoms with van der Waals surface area (Å²) in [7, 11) is 0. The van der Waals surface area contributed by atoms with Crippen molar-refractivity contribution in [2.45, 2.75) is 12.5 Å². The van der Waals surface area contributed by atoms with E-state index in [0.717, 1.165) is 12.1 Å². The van der Waals surface area contributed by atoms with Crippen molar-refractivity contribution in [2.75, 3.05) is 35.6 Å². The molecule has 0 unspecified atom stereocenters. The number of hydrogen-bond acceptors (Lipinski definition) is 5. The molecule has 4 N–H and O–H groups in total. The molecule has 36 heavy (non-hydrogen) atoms. The molecule has 4 rings (SSSR count). The maximum atomic E-state index is 14.6. The number of nitrogens with one attached hydrogen (secondary N) is 3. The van der Waals surface area contributed by atoms with Crippen molar-refractivity contribution in [3.63, 3.8) is 0 Å². The topological polar surface area (TPSA) is 93.7 Å². The summed E-state index contributed by atoms with van der Waals surface area (Å²) in [6.07, 6.45) is 0. The van der Waals surface area contributed by atoms with Gasteiger partial charge in [0.2, 0.25) is 5.91 Å². The van der Waals surface area contributed by atoms with Crippen molar-refractivity contribution < 1.29 is 27.9 Å². The lowest BCUT2D eigenvalue weighted by molar-refractivity contribution is -0.114. The normalized spacial score (nSPS) is 14.1. The average molecular weight is 610 g/mol. The number of amides is 2. The third-order valence-electron chi connectivity index (χ3n) is 5.60. The largest absolute Gasteiger partial charge is 0.384 e. The smallest absolute Gasteiger partial charge is 0.256 e. The highest BCUT2D eigenvalue weighted by molar-refractivity contribution is 14.1. The van der Waals surface area contributed by atoms with Gasteiger partial charge in [-0.2, -0.15) is 0 Å². The molecule has 0 saturated carbocycles. The van der Waals surface area contributed by atoms with Crippen LogP contribution in [0.5, 0.6) is 0 Å². The van der Waals surface area contributed by atoms with Crippen LogP contribution in [-0.4, -0.2) is 47.1 Å². The molecule has 7 nitrogen and oxygen atoms in total. The van der Waals surface area contributed by atoms with Crippen molar-refractivity contribution in [1.82, 2.24) is 4.90 Å². The molecule has 0 bridgehead atoms. The minimum Gasteiger partial charge on any atom is -0.384 e. The highest BCUT2D eigenvalue weighted by Gasteiger charge is 2.44.